The third-order valence-corrected chi connectivity index (χ3v) is 3.36. The lowest BCUT2D eigenvalue weighted by molar-refractivity contribution is 0.0316. The Morgan fingerprint density at radius 3 is 2.75 bits per heavy atom. The third-order valence-electron chi connectivity index (χ3n) is 3.36. The van der Waals surface area contributed by atoms with E-state index in [-0.39, 0.29) is 12.1 Å². The van der Waals surface area contributed by atoms with Crippen molar-refractivity contribution in [1.29, 1.82) is 0 Å². The van der Waals surface area contributed by atoms with Crippen LogP contribution in [0.1, 0.15) is 44.0 Å². The Hall–Kier alpha value is -1.90. The highest BCUT2D eigenvalue weighted by molar-refractivity contribution is 6.04. The fraction of sp³-hybridized carbons (Fsp3) is 0.412. The molecule has 0 radical (unpaired) electrons. The van der Waals surface area contributed by atoms with E-state index in [1.54, 1.807) is 18.5 Å². The summed E-state index contributed by atoms with van der Waals surface area (Å²) < 4.78 is 5.54. The lowest BCUT2D eigenvalue weighted by Crippen LogP contribution is -2.16. The molecule has 0 spiro atoms. The molecule has 0 saturated heterocycles. The van der Waals surface area contributed by atoms with Crippen LogP contribution < -0.4 is 0 Å². The van der Waals surface area contributed by atoms with Crippen molar-refractivity contribution in [1.82, 2.24) is 4.98 Å². The number of benzene rings is 1. The molecule has 3 nitrogen and oxygen atoms in total. The van der Waals surface area contributed by atoms with Crippen molar-refractivity contribution in [3.8, 4) is 0 Å². The minimum absolute atomic E-state index is 0.0537. The van der Waals surface area contributed by atoms with E-state index in [1.165, 1.54) is 0 Å². The molecule has 0 bridgehead atoms. The Labute approximate surface area is 120 Å². The average Bonchev–Trinajstić information content (AvgIpc) is 2.44. The molecular weight excluding hydrogens is 250 g/mol. The van der Waals surface area contributed by atoms with E-state index in [0.29, 0.717) is 11.5 Å². The molecule has 1 unspecified atom stereocenters. The summed E-state index contributed by atoms with van der Waals surface area (Å²) in [5, 5.41) is 1.85. The van der Waals surface area contributed by atoms with Crippen LogP contribution in [0.25, 0.3) is 10.8 Å². The molecule has 2 aromatic rings. The highest BCUT2D eigenvalue weighted by Gasteiger charge is 2.14. The second-order valence-corrected chi connectivity index (χ2v) is 5.59. The fourth-order valence-electron chi connectivity index (χ4n) is 2.17. The molecule has 2 rings (SSSR count). The van der Waals surface area contributed by atoms with E-state index in [1.807, 2.05) is 25.1 Å². The molecule has 20 heavy (non-hydrogen) atoms. The molecule has 0 aliphatic rings. The summed E-state index contributed by atoms with van der Waals surface area (Å²) in [4.78, 5) is 16.3. The first-order valence-electron chi connectivity index (χ1n) is 7.11. The first kappa shape index (κ1) is 14.5. The van der Waals surface area contributed by atoms with Gasteiger partial charge >= 0.3 is 5.97 Å². The maximum Gasteiger partial charge on any atom is 0.339 e. The highest BCUT2D eigenvalue weighted by Crippen LogP contribution is 2.19. The van der Waals surface area contributed by atoms with E-state index in [4.69, 9.17) is 4.74 Å². The number of fused-ring (bicyclic) bond motifs is 1. The smallest absolute Gasteiger partial charge is 0.339 e. The van der Waals surface area contributed by atoms with Gasteiger partial charge in [0.1, 0.15) is 0 Å². The van der Waals surface area contributed by atoms with Gasteiger partial charge in [-0.1, -0.05) is 26.0 Å². The largest absolute Gasteiger partial charge is 0.459 e. The number of carbonyl (C=O) groups is 1. The molecule has 3 heteroatoms. The Kier molecular flexibility index (Phi) is 4.72. The number of ether oxygens (including phenoxy) is 1. The Morgan fingerprint density at radius 1 is 1.20 bits per heavy atom. The summed E-state index contributed by atoms with van der Waals surface area (Å²) in [7, 11) is 0. The van der Waals surface area contributed by atoms with Crippen LogP contribution in [-0.4, -0.2) is 17.1 Å². The predicted molar refractivity (Wildman–Crippen MR) is 80.7 cm³/mol. The molecule has 0 aliphatic heterocycles. The third kappa shape index (κ3) is 3.56. The second kappa shape index (κ2) is 6.51. The Morgan fingerprint density at radius 2 is 2.00 bits per heavy atom. The lowest BCUT2D eigenvalue weighted by atomic mass is 10.1. The van der Waals surface area contributed by atoms with Crippen LogP contribution in [0.2, 0.25) is 0 Å². The van der Waals surface area contributed by atoms with Crippen LogP contribution in [0, 0.1) is 5.92 Å². The van der Waals surface area contributed by atoms with Gasteiger partial charge in [-0.15, -0.1) is 0 Å². The molecule has 1 aromatic heterocycles. The van der Waals surface area contributed by atoms with E-state index in [0.717, 1.165) is 23.6 Å². The van der Waals surface area contributed by atoms with Gasteiger partial charge in [0.25, 0.3) is 0 Å². The topological polar surface area (TPSA) is 39.2 Å². The van der Waals surface area contributed by atoms with Gasteiger partial charge in [-0.25, -0.2) is 4.79 Å². The van der Waals surface area contributed by atoms with Gasteiger partial charge in [-0.2, -0.15) is 0 Å². The molecule has 0 saturated carbocycles. The number of nitrogens with zero attached hydrogens (tertiary/aromatic N) is 1. The number of esters is 1. The highest BCUT2D eigenvalue weighted by atomic mass is 16.5. The minimum Gasteiger partial charge on any atom is -0.459 e. The van der Waals surface area contributed by atoms with Crippen LogP contribution in [0.5, 0.6) is 0 Å². The summed E-state index contributed by atoms with van der Waals surface area (Å²) in [6, 6.07) is 7.46. The molecule has 0 aliphatic carbocycles. The van der Waals surface area contributed by atoms with E-state index in [2.05, 4.69) is 18.8 Å². The molecular formula is C17H21NO2. The number of carbonyl (C=O) groups excluding carboxylic acids is 1. The summed E-state index contributed by atoms with van der Waals surface area (Å²) in [5.74, 6) is 0.373. The predicted octanol–water partition coefficient (Wildman–Crippen LogP) is 4.22. The first-order chi connectivity index (χ1) is 9.58. The standard InChI is InChI=1S/C17H21NO2/c1-12(2)7-8-13(3)20-17(19)16-6-4-5-14-11-18-10-9-15(14)16/h4-6,9-13H,7-8H2,1-3H3. The summed E-state index contributed by atoms with van der Waals surface area (Å²) in [6.07, 6.45) is 5.36. The SMILES string of the molecule is CC(C)CCC(C)OC(=O)c1cccc2cnccc12. The van der Waals surface area contributed by atoms with Gasteiger partial charge in [0, 0.05) is 17.8 Å². The number of hydrogen-bond donors (Lipinski definition) is 0. The Balaban J connectivity index is 2.11. The zero-order valence-corrected chi connectivity index (χ0v) is 12.3. The van der Waals surface area contributed by atoms with Crippen molar-refractivity contribution >= 4 is 16.7 Å². The summed E-state index contributed by atoms with van der Waals surface area (Å²) in [5.41, 5.74) is 0.612. The molecule has 1 heterocycles. The molecule has 1 atom stereocenters. The van der Waals surface area contributed by atoms with E-state index >= 15 is 0 Å². The first-order valence-corrected chi connectivity index (χ1v) is 7.11. The fourth-order valence-corrected chi connectivity index (χ4v) is 2.17. The lowest BCUT2D eigenvalue weighted by Gasteiger charge is -2.15. The number of aromatic nitrogens is 1. The maximum absolute atomic E-state index is 12.3. The van der Waals surface area contributed by atoms with Crippen molar-refractivity contribution in [2.24, 2.45) is 5.92 Å². The quantitative estimate of drug-likeness (QED) is 0.764. The minimum atomic E-state index is -0.252. The van der Waals surface area contributed by atoms with E-state index < -0.39 is 0 Å². The van der Waals surface area contributed by atoms with Gasteiger partial charge in [0.05, 0.1) is 11.7 Å². The normalized spacial score (nSPS) is 12.6. The van der Waals surface area contributed by atoms with Crippen LogP contribution >= 0.6 is 0 Å². The molecule has 1 aromatic carbocycles. The summed E-state index contributed by atoms with van der Waals surface area (Å²) in [6.45, 7) is 6.30. The monoisotopic (exact) mass is 271 g/mol. The van der Waals surface area contributed by atoms with Gasteiger partial charge < -0.3 is 4.74 Å². The second-order valence-electron chi connectivity index (χ2n) is 5.59. The zero-order chi connectivity index (χ0) is 14.5. The van der Waals surface area contributed by atoms with Crippen LogP contribution in [0.15, 0.2) is 36.7 Å². The summed E-state index contributed by atoms with van der Waals surface area (Å²) >= 11 is 0. The van der Waals surface area contributed by atoms with Crippen molar-refractivity contribution in [3.05, 3.63) is 42.2 Å². The van der Waals surface area contributed by atoms with Crippen molar-refractivity contribution in [2.45, 2.75) is 39.7 Å². The van der Waals surface area contributed by atoms with Crippen LogP contribution in [0.3, 0.4) is 0 Å². The van der Waals surface area contributed by atoms with Gasteiger partial charge in [0.15, 0.2) is 0 Å². The maximum atomic E-state index is 12.3. The van der Waals surface area contributed by atoms with Gasteiger partial charge in [-0.05, 0) is 43.2 Å². The van der Waals surface area contributed by atoms with Gasteiger partial charge in [-0.3, -0.25) is 4.98 Å². The number of rotatable bonds is 5. The molecule has 0 amide bonds. The van der Waals surface area contributed by atoms with Crippen molar-refractivity contribution < 1.29 is 9.53 Å². The molecule has 106 valence electrons. The van der Waals surface area contributed by atoms with Crippen LogP contribution in [0.4, 0.5) is 0 Å². The average molecular weight is 271 g/mol. The van der Waals surface area contributed by atoms with Crippen molar-refractivity contribution in [2.75, 3.05) is 0 Å². The van der Waals surface area contributed by atoms with Crippen LogP contribution in [-0.2, 0) is 4.74 Å². The van der Waals surface area contributed by atoms with Crippen molar-refractivity contribution in [3.63, 3.8) is 0 Å². The number of hydrogen-bond acceptors (Lipinski definition) is 3. The molecule has 0 fully saturated rings. The Bertz CT molecular complexity index is 587. The molecule has 0 N–H and O–H groups in total. The van der Waals surface area contributed by atoms with Gasteiger partial charge in [0.2, 0.25) is 0 Å². The zero-order valence-electron chi connectivity index (χ0n) is 12.3. The number of pyridine rings is 1. The van der Waals surface area contributed by atoms with E-state index in [9.17, 15) is 4.79 Å².